The Kier molecular flexibility index (Phi) is 4.92. The van der Waals surface area contributed by atoms with Gasteiger partial charge in [0.1, 0.15) is 6.26 Å². The number of nitrogens with one attached hydrogen (secondary N) is 1. The van der Waals surface area contributed by atoms with Gasteiger partial charge in [-0.2, -0.15) is 0 Å². The molecule has 1 aromatic carbocycles. The highest BCUT2D eigenvalue weighted by molar-refractivity contribution is 7.99. The summed E-state index contributed by atoms with van der Waals surface area (Å²) in [6, 6.07) is 4.97. The largest absolute Gasteiger partial charge is 0.440 e. The number of hydrogen-bond donors (Lipinski definition) is 2. The lowest BCUT2D eigenvalue weighted by molar-refractivity contribution is -0.115. The summed E-state index contributed by atoms with van der Waals surface area (Å²) in [6.45, 7) is 1.85. The average molecular weight is 312 g/mol. The van der Waals surface area contributed by atoms with Crippen LogP contribution in [-0.4, -0.2) is 16.6 Å². The molecular weight excluding hydrogens is 298 g/mol. The molecule has 3 N–H and O–H groups in total. The SMILES string of the molecule is Cc1coc(SCCC(=O)Nc2ccc(N)cc2Cl)n1. The Morgan fingerprint density at radius 1 is 1.55 bits per heavy atom. The molecule has 7 heteroatoms. The van der Waals surface area contributed by atoms with E-state index in [-0.39, 0.29) is 5.91 Å². The summed E-state index contributed by atoms with van der Waals surface area (Å²) in [7, 11) is 0. The van der Waals surface area contributed by atoms with Gasteiger partial charge in [0.05, 0.1) is 16.4 Å². The molecule has 0 spiro atoms. The topological polar surface area (TPSA) is 81.2 Å². The fourth-order valence-electron chi connectivity index (χ4n) is 1.48. The zero-order chi connectivity index (χ0) is 14.5. The second kappa shape index (κ2) is 6.67. The Labute approximate surface area is 125 Å². The standard InChI is InChI=1S/C13H14ClN3O2S/c1-8-7-19-13(16-8)20-5-4-12(18)17-11-3-2-9(15)6-10(11)14/h2-3,6-7H,4-5,15H2,1H3,(H,17,18). The first-order chi connectivity index (χ1) is 9.54. The summed E-state index contributed by atoms with van der Waals surface area (Å²) in [5.74, 6) is 0.464. The van der Waals surface area contributed by atoms with E-state index in [1.807, 2.05) is 6.92 Å². The van der Waals surface area contributed by atoms with Crippen LogP contribution in [0.2, 0.25) is 5.02 Å². The monoisotopic (exact) mass is 311 g/mol. The quantitative estimate of drug-likeness (QED) is 0.654. The Morgan fingerprint density at radius 2 is 2.35 bits per heavy atom. The molecule has 20 heavy (non-hydrogen) atoms. The molecule has 0 unspecified atom stereocenters. The van der Waals surface area contributed by atoms with Crippen molar-refractivity contribution in [1.29, 1.82) is 0 Å². The van der Waals surface area contributed by atoms with Crippen molar-refractivity contribution in [3.63, 3.8) is 0 Å². The number of nitrogen functional groups attached to an aromatic ring is 1. The summed E-state index contributed by atoms with van der Waals surface area (Å²) in [5, 5.41) is 3.73. The van der Waals surface area contributed by atoms with Gasteiger partial charge in [-0.15, -0.1) is 0 Å². The Balaban J connectivity index is 1.80. The minimum atomic E-state index is -0.118. The van der Waals surface area contributed by atoms with Crippen LogP contribution >= 0.6 is 23.4 Å². The first kappa shape index (κ1) is 14.7. The minimum absolute atomic E-state index is 0.118. The molecule has 0 aliphatic carbocycles. The third-order valence-corrected chi connectivity index (χ3v) is 3.58. The second-order valence-electron chi connectivity index (χ2n) is 4.14. The molecule has 1 heterocycles. The van der Waals surface area contributed by atoms with Crippen LogP contribution in [0.5, 0.6) is 0 Å². The number of hydrogen-bond acceptors (Lipinski definition) is 5. The predicted octanol–water partition coefficient (Wildman–Crippen LogP) is 3.34. The number of nitrogens with zero attached hydrogens (tertiary/aromatic N) is 1. The molecule has 0 radical (unpaired) electrons. The molecule has 1 amide bonds. The maximum Gasteiger partial charge on any atom is 0.255 e. The summed E-state index contributed by atoms with van der Waals surface area (Å²) in [4.78, 5) is 15.9. The molecule has 0 aliphatic heterocycles. The number of carbonyl (C=O) groups is 1. The van der Waals surface area contributed by atoms with Gasteiger partial charge >= 0.3 is 0 Å². The number of thioether (sulfide) groups is 1. The van der Waals surface area contributed by atoms with Gasteiger partial charge in [0.2, 0.25) is 5.91 Å². The number of nitrogens with two attached hydrogens (primary N) is 1. The molecular formula is C13H14ClN3O2S. The second-order valence-corrected chi connectivity index (χ2v) is 5.59. The van der Waals surface area contributed by atoms with Crippen molar-refractivity contribution in [2.75, 3.05) is 16.8 Å². The smallest absolute Gasteiger partial charge is 0.255 e. The molecule has 0 saturated heterocycles. The maximum atomic E-state index is 11.8. The summed E-state index contributed by atoms with van der Waals surface area (Å²) in [6.07, 6.45) is 1.92. The van der Waals surface area contributed by atoms with Gasteiger partial charge < -0.3 is 15.5 Å². The van der Waals surface area contributed by atoms with Gasteiger partial charge in [0.15, 0.2) is 0 Å². The van der Waals surface area contributed by atoms with Gasteiger partial charge in [-0.25, -0.2) is 4.98 Å². The minimum Gasteiger partial charge on any atom is -0.440 e. The van der Waals surface area contributed by atoms with E-state index in [1.165, 1.54) is 11.8 Å². The molecule has 0 fully saturated rings. The van der Waals surface area contributed by atoms with Gasteiger partial charge in [-0.1, -0.05) is 23.4 Å². The number of rotatable bonds is 5. The zero-order valence-corrected chi connectivity index (χ0v) is 12.4. The Hall–Kier alpha value is -1.66. The van der Waals surface area contributed by atoms with E-state index >= 15 is 0 Å². The lowest BCUT2D eigenvalue weighted by Crippen LogP contribution is -2.12. The number of aryl methyl sites for hydroxylation is 1. The van der Waals surface area contributed by atoms with Crippen LogP contribution in [0, 0.1) is 6.92 Å². The van der Waals surface area contributed by atoms with Gasteiger partial charge in [0.25, 0.3) is 5.22 Å². The molecule has 0 aliphatic rings. The molecule has 106 valence electrons. The van der Waals surface area contributed by atoms with E-state index in [4.69, 9.17) is 21.8 Å². The molecule has 5 nitrogen and oxygen atoms in total. The normalized spacial score (nSPS) is 10.5. The highest BCUT2D eigenvalue weighted by Crippen LogP contribution is 2.24. The van der Waals surface area contributed by atoms with Gasteiger partial charge in [-0.3, -0.25) is 4.79 Å². The summed E-state index contributed by atoms with van der Waals surface area (Å²) in [5.41, 5.74) is 7.53. The average Bonchev–Trinajstić information content (AvgIpc) is 2.79. The lowest BCUT2D eigenvalue weighted by atomic mass is 10.3. The van der Waals surface area contributed by atoms with E-state index < -0.39 is 0 Å². The van der Waals surface area contributed by atoms with Crippen LogP contribution in [0.25, 0.3) is 0 Å². The molecule has 0 saturated carbocycles. The first-order valence-electron chi connectivity index (χ1n) is 5.94. The van der Waals surface area contributed by atoms with E-state index in [2.05, 4.69) is 10.3 Å². The molecule has 2 aromatic rings. The number of amides is 1. The number of oxazole rings is 1. The van der Waals surface area contributed by atoms with Crippen molar-refractivity contribution in [3.05, 3.63) is 35.2 Å². The summed E-state index contributed by atoms with van der Waals surface area (Å²) >= 11 is 7.38. The lowest BCUT2D eigenvalue weighted by Gasteiger charge is -2.07. The Bertz CT molecular complexity index is 615. The van der Waals surface area contributed by atoms with Gasteiger partial charge in [0, 0.05) is 17.9 Å². The van der Waals surface area contributed by atoms with Crippen LogP contribution in [0.15, 0.2) is 34.1 Å². The fraction of sp³-hybridized carbons (Fsp3) is 0.231. The van der Waals surface area contributed by atoms with E-state index in [0.29, 0.717) is 33.8 Å². The van der Waals surface area contributed by atoms with Crippen LogP contribution < -0.4 is 11.1 Å². The maximum absolute atomic E-state index is 11.8. The Morgan fingerprint density at radius 3 is 3.00 bits per heavy atom. The molecule has 1 aromatic heterocycles. The van der Waals surface area contributed by atoms with Crippen LogP contribution in [0.3, 0.4) is 0 Å². The van der Waals surface area contributed by atoms with Crippen molar-refractivity contribution in [1.82, 2.24) is 4.98 Å². The fourth-order valence-corrected chi connectivity index (χ4v) is 2.50. The molecule has 0 bridgehead atoms. The van der Waals surface area contributed by atoms with E-state index in [0.717, 1.165) is 5.69 Å². The predicted molar refractivity (Wildman–Crippen MR) is 81.1 cm³/mol. The van der Waals surface area contributed by atoms with Crippen molar-refractivity contribution < 1.29 is 9.21 Å². The van der Waals surface area contributed by atoms with Crippen molar-refractivity contribution in [3.8, 4) is 0 Å². The van der Waals surface area contributed by atoms with Crippen LogP contribution in [-0.2, 0) is 4.79 Å². The highest BCUT2D eigenvalue weighted by Gasteiger charge is 2.08. The number of benzene rings is 1. The van der Waals surface area contributed by atoms with Crippen molar-refractivity contribution in [2.45, 2.75) is 18.6 Å². The number of anilines is 2. The molecule has 2 rings (SSSR count). The van der Waals surface area contributed by atoms with Crippen LogP contribution in [0.1, 0.15) is 12.1 Å². The van der Waals surface area contributed by atoms with E-state index in [1.54, 1.807) is 24.5 Å². The summed E-state index contributed by atoms with van der Waals surface area (Å²) < 4.78 is 5.18. The third kappa shape index (κ3) is 4.18. The van der Waals surface area contributed by atoms with E-state index in [9.17, 15) is 4.79 Å². The van der Waals surface area contributed by atoms with Gasteiger partial charge in [-0.05, 0) is 25.1 Å². The number of carbonyl (C=O) groups excluding carboxylic acids is 1. The van der Waals surface area contributed by atoms with Crippen molar-refractivity contribution >= 4 is 40.6 Å². The third-order valence-electron chi connectivity index (χ3n) is 2.42. The first-order valence-corrected chi connectivity index (χ1v) is 7.31. The number of halogens is 1. The molecule has 0 atom stereocenters. The number of aromatic nitrogens is 1. The van der Waals surface area contributed by atoms with Crippen molar-refractivity contribution in [2.24, 2.45) is 0 Å². The highest BCUT2D eigenvalue weighted by atomic mass is 35.5. The zero-order valence-electron chi connectivity index (χ0n) is 10.9. The van der Waals surface area contributed by atoms with Crippen LogP contribution in [0.4, 0.5) is 11.4 Å².